The summed E-state index contributed by atoms with van der Waals surface area (Å²) in [7, 11) is 2.08. The molecular formula is C14H22N2O3. The lowest BCUT2D eigenvalue weighted by Crippen LogP contribution is -2.40. The molecule has 0 bridgehead atoms. The summed E-state index contributed by atoms with van der Waals surface area (Å²) in [5.41, 5.74) is 0. The third kappa shape index (κ3) is 3.56. The van der Waals surface area contributed by atoms with Crippen LogP contribution in [0, 0.1) is 17.8 Å². The predicted molar refractivity (Wildman–Crippen MR) is 71.6 cm³/mol. The van der Waals surface area contributed by atoms with Gasteiger partial charge >= 0.3 is 5.97 Å². The molecule has 2 rings (SSSR count). The number of carboxylic acids is 1. The Balaban J connectivity index is 1.84. The highest BCUT2D eigenvalue weighted by Gasteiger charge is 2.34. The van der Waals surface area contributed by atoms with Crippen molar-refractivity contribution in [3.05, 3.63) is 12.2 Å². The molecule has 1 fully saturated rings. The van der Waals surface area contributed by atoms with Gasteiger partial charge in [0, 0.05) is 13.1 Å². The van der Waals surface area contributed by atoms with E-state index in [1.54, 1.807) is 0 Å². The number of carbonyl (C=O) groups excluding carboxylic acids is 1. The number of rotatable bonds is 4. The van der Waals surface area contributed by atoms with Gasteiger partial charge in [0.15, 0.2) is 0 Å². The number of allylic oxidation sites excluding steroid dienone is 2. The topological polar surface area (TPSA) is 69.6 Å². The Morgan fingerprint density at radius 1 is 1.32 bits per heavy atom. The summed E-state index contributed by atoms with van der Waals surface area (Å²) in [5.74, 6) is -1.47. The van der Waals surface area contributed by atoms with Crippen molar-refractivity contribution in [3.63, 3.8) is 0 Å². The lowest BCUT2D eigenvalue weighted by molar-refractivity contribution is -0.147. The van der Waals surface area contributed by atoms with Crippen LogP contribution in [0.25, 0.3) is 0 Å². The molecule has 0 aromatic heterocycles. The van der Waals surface area contributed by atoms with Gasteiger partial charge in [0.2, 0.25) is 5.91 Å². The number of carboxylic acid groups (broad SMARTS) is 1. The molecule has 1 saturated heterocycles. The molecule has 19 heavy (non-hydrogen) atoms. The van der Waals surface area contributed by atoms with Crippen LogP contribution >= 0.6 is 0 Å². The van der Waals surface area contributed by atoms with Crippen molar-refractivity contribution in [1.82, 2.24) is 10.2 Å². The van der Waals surface area contributed by atoms with Gasteiger partial charge in [-0.05, 0) is 38.8 Å². The Hall–Kier alpha value is -1.36. The smallest absolute Gasteiger partial charge is 0.307 e. The maximum Gasteiger partial charge on any atom is 0.307 e. The average molecular weight is 266 g/mol. The largest absolute Gasteiger partial charge is 0.481 e. The molecule has 5 nitrogen and oxygen atoms in total. The van der Waals surface area contributed by atoms with Crippen LogP contribution in [0.3, 0.4) is 0 Å². The summed E-state index contributed by atoms with van der Waals surface area (Å²) in [6.45, 7) is 2.74. The highest BCUT2D eigenvalue weighted by molar-refractivity contribution is 5.85. The van der Waals surface area contributed by atoms with Gasteiger partial charge < -0.3 is 15.3 Å². The van der Waals surface area contributed by atoms with Crippen LogP contribution in [0.15, 0.2) is 12.2 Å². The van der Waals surface area contributed by atoms with Crippen LogP contribution in [-0.2, 0) is 9.59 Å². The number of carbonyl (C=O) groups is 2. The number of hydrogen-bond acceptors (Lipinski definition) is 3. The van der Waals surface area contributed by atoms with Gasteiger partial charge in [-0.25, -0.2) is 0 Å². The van der Waals surface area contributed by atoms with E-state index >= 15 is 0 Å². The molecule has 1 amide bonds. The SMILES string of the molecule is CN1CCC(CNC(=O)[C@@H]2CC=CC[C@@H]2C(=O)O)C1. The summed E-state index contributed by atoms with van der Waals surface area (Å²) in [4.78, 5) is 25.5. The van der Waals surface area contributed by atoms with Gasteiger partial charge in [0.25, 0.3) is 0 Å². The zero-order chi connectivity index (χ0) is 13.8. The molecule has 2 N–H and O–H groups in total. The maximum absolute atomic E-state index is 12.1. The minimum Gasteiger partial charge on any atom is -0.481 e. The Morgan fingerprint density at radius 2 is 2.00 bits per heavy atom. The summed E-state index contributed by atoms with van der Waals surface area (Å²) < 4.78 is 0. The van der Waals surface area contributed by atoms with E-state index in [0.29, 0.717) is 25.3 Å². The third-order valence-electron chi connectivity index (χ3n) is 4.14. The maximum atomic E-state index is 12.1. The van der Waals surface area contributed by atoms with Crippen LogP contribution in [0.2, 0.25) is 0 Å². The number of nitrogens with one attached hydrogen (secondary N) is 1. The van der Waals surface area contributed by atoms with E-state index in [-0.39, 0.29) is 5.91 Å². The molecule has 1 unspecified atom stereocenters. The van der Waals surface area contributed by atoms with Gasteiger partial charge in [-0.2, -0.15) is 0 Å². The lowest BCUT2D eigenvalue weighted by atomic mass is 9.82. The lowest BCUT2D eigenvalue weighted by Gasteiger charge is -2.24. The first-order valence-corrected chi connectivity index (χ1v) is 6.92. The molecule has 0 aromatic carbocycles. The quantitative estimate of drug-likeness (QED) is 0.736. The molecule has 5 heteroatoms. The highest BCUT2D eigenvalue weighted by atomic mass is 16.4. The van der Waals surface area contributed by atoms with Crippen LogP contribution in [0.4, 0.5) is 0 Å². The molecule has 0 saturated carbocycles. The Labute approximate surface area is 113 Å². The zero-order valence-corrected chi connectivity index (χ0v) is 11.3. The van der Waals surface area contributed by atoms with Crippen molar-refractivity contribution >= 4 is 11.9 Å². The number of likely N-dealkylation sites (tertiary alicyclic amines) is 1. The Kier molecular flexibility index (Phi) is 4.58. The summed E-state index contributed by atoms with van der Waals surface area (Å²) in [5, 5.41) is 12.1. The molecule has 0 aromatic rings. The van der Waals surface area contributed by atoms with Crippen LogP contribution in [0.1, 0.15) is 19.3 Å². The van der Waals surface area contributed by atoms with Crippen LogP contribution < -0.4 is 5.32 Å². The zero-order valence-electron chi connectivity index (χ0n) is 11.3. The molecule has 0 spiro atoms. The van der Waals surface area contributed by atoms with Crippen molar-refractivity contribution in [2.75, 3.05) is 26.7 Å². The van der Waals surface area contributed by atoms with Crippen LogP contribution in [-0.4, -0.2) is 48.6 Å². The number of hydrogen-bond donors (Lipinski definition) is 2. The summed E-state index contributed by atoms with van der Waals surface area (Å²) in [6.07, 6.45) is 5.86. The summed E-state index contributed by atoms with van der Waals surface area (Å²) in [6, 6.07) is 0. The molecule has 2 aliphatic rings. The molecular weight excluding hydrogens is 244 g/mol. The van der Waals surface area contributed by atoms with E-state index in [1.165, 1.54) is 0 Å². The predicted octanol–water partition coefficient (Wildman–Crippen LogP) is 0.721. The van der Waals surface area contributed by atoms with Gasteiger partial charge in [-0.15, -0.1) is 0 Å². The molecule has 0 radical (unpaired) electrons. The van der Waals surface area contributed by atoms with E-state index in [4.69, 9.17) is 5.11 Å². The van der Waals surface area contributed by atoms with Crippen molar-refractivity contribution in [1.29, 1.82) is 0 Å². The molecule has 1 aliphatic carbocycles. The molecule has 3 atom stereocenters. The number of aliphatic carboxylic acids is 1. The van der Waals surface area contributed by atoms with Gasteiger partial charge in [-0.3, -0.25) is 9.59 Å². The summed E-state index contributed by atoms with van der Waals surface area (Å²) >= 11 is 0. The monoisotopic (exact) mass is 266 g/mol. The van der Waals surface area contributed by atoms with Crippen LogP contribution in [0.5, 0.6) is 0 Å². The Bertz CT molecular complexity index is 381. The molecule has 106 valence electrons. The minimum absolute atomic E-state index is 0.105. The second-order valence-corrected chi connectivity index (χ2v) is 5.66. The average Bonchev–Trinajstić information content (AvgIpc) is 2.81. The van der Waals surface area contributed by atoms with E-state index < -0.39 is 17.8 Å². The Morgan fingerprint density at radius 3 is 2.58 bits per heavy atom. The first kappa shape index (κ1) is 14.1. The fourth-order valence-corrected chi connectivity index (χ4v) is 2.95. The second kappa shape index (κ2) is 6.19. The third-order valence-corrected chi connectivity index (χ3v) is 4.14. The van der Waals surface area contributed by atoms with Crippen molar-refractivity contribution < 1.29 is 14.7 Å². The van der Waals surface area contributed by atoms with Gasteiger partial charge in [-0.1, -0.05) is 12.2 Å². The van der Waals surface area contributed by atoms with Crippen molar-refractivity contribution in [2.24, 2.45) is 17.8 Å². The van der Waals surface area contributed by atoms with E-state index in [1.807, 2.05) is 12.2 Å². The minimum atomic E-state index is -0.870. The normalized spacial score (nSPS) is 31.3. The number of amides is 1. The van der Waals surface area contributed by atoms with Crippen molar-refractivity contribution in [3.8, 4) is 0 Å². The molecule has 1 heterocycles. The van der Waals surface area contributed by atoms with E-state index in [9.17, 15) is 9.59 Å². The van der Waals surface area contributed by atoms with Gasteiger partial charge in [0.1, 0.15) is 0 Å². The van der Waals surface area contributed by atoms with Crippen molar-refractivity contribution in [2.45, 2.75) is 19.3 Å². The standard InChI is InChI=1S/C14H22N2O3/c1-16-7-6-10(9-16)8-15-13(17)11-4-2-3-5-12(11)14(18)19/h2-3,10-12H,4-9H2,1H3,(H,15,17)(H,18,19)/t10?,11-,12+/m1/s1. The van der Waals surface area contributed by atoms with E-state index in [0.717, 1.165) is 19.5 Å². The highest BCUT2D eigenvalue weighted by Crippen LogP contribution is 2.26. The molecule has 1 aliphatic heterocycles. The first-order valence-electron chi connectivity index (χ1n) is 6.92. The van der Waals surface area contributed by atoms with E-state index in [2.05, 4.69) is 17.3 Å². The second-order valence-electron chi connectivity index (χ2n) is 5.66. The fourth-order valence-electron chi connectivity index (χ4n) is 2.95. The fraction of sp³-hybridized carbons (Fsp3) is 0.714. The first-order chi connectivity index (χ1) is 9.08. The number of nitrogens with zero attached hydrogens (tertiary/aromatic N) is 1. The van der Waals surface area contributed by atoms with Gasteiger partial charge in [0.05, 0.1) is 11.8 Å².